The van der Waals surface area contributed by atoms with E-state index < -0.39 is 0 Å². The van der Waals surface area contributed by atoms with Crippen LogP contribution in [0.1, 0.15) is 66.7 Å². The van der Waals surface area contributed by atoms with Gasteiger partial charge in [-0.05, 0) is 51.0 Å². The normalized spacial score (nSPS) is 27.4. The molecule has 1 saturated heterocycles. The first kappa shape index (κ1) is 15.0. The van der Waals surface area contributed by atoms with Gasteiger partial charge in [0.15, 0.2) is 0 Å². The van der Waals surface area contributed by atoms with Gasteiger partial charge >= 0.3 is 0 Å². The van der Waals surface area contributed by atoms with E-state index >= 15 is 0 Å². The van der Waals surface area contributed by atoms with Crippen molar-refractivity contribution in [2.45, 2.75) is 78.4 Å². The SMILES string of the molecule is CCCNC(CCC(C)(C)C)C1(C)CCCO1. The molecule has 1 rings (SSSR count). The third kappa shape index (κ3) is 4.97. The minimum absolute atomic E-state index is 0.0699. The molecule has 2 unspecified atom stereocenters. The highest BCUT2D eigenvalue weighted by molar-refractivity contribution is 4.93. The molecular formula is C15H31NO. The van der Waals surface area contributed by atoms with Crippen LogP contribution >= 0.6 is 0 Å². The van der Waals surface area contributed by atoms with Crippen molar-refractivity contribution in [2.75, 3.05) is 13.2 Å². The van der Waals surface area contributed by atoms with Crippen molar-refractivity contribution in [2.24, 2.45) is 5.41 Å². The summed E-state index contributed by atoms with van der Waals surface area (Å²) in [6.45, 7) is 13.5. The molecule has 0 saturated carbocycles. The number of hydrogen-bond acceptors (Lipinski definition) is 2. The monoisotopic (exact) mass is 241 g/mol. The maximum Gasteiger partial charge on any atom is 0.0807 e. The minimum atomic E-state index is 0.0699. The molecule has 1 aliphatic rings. The van der Waals surface area contributed by atoms with Crippen LogP contribution in [0.2, 0.25) is 0 Å². The maximum atomic E-state index is 6.00. The van der Waals surface area contributed by atoms with Gasteiger partial charge < -0.3 is 10.1 Å². The van der Waals surface area contributed by atoms with Gasteiger partial charge in [0.05, 0.1) is 5.60 Å². The van der Waals surface area contributed by atoms with Gasteiger partial charge in [0.1, 0.15) is 0 Å². The fourth-order valence-electron chi connectivity index (χ4n) is 2.59. The number of ether oxygens (including phenoxy) is 1. The van der Waals surface area contributed by atoms with Gasteiger partial charge in [-0.1, -0.05) is 27.7 Å². The molecule has 17 heavy (non-hydrogen) atoms. The molecule has 0 bridgehead atoms. The Hall–Kier alpha value is -0.0800. The van der Waals surface area contributed by atoms with Crippen LogP contribution < -0.4 is 5.32 Å². The average Bonchev–Trinajstić information content (AvgIpc) is 2.64. The van der Waals surface area contributed by atoms with Gasteiger partial charge in [0, 0.05) is 12.6 Å². The largest absolute Gasteiger partial charge is 0.374 e. The first-order valence-electron chi connectivity index (χ1n) is 7.25. The summed E-state index contributed by atoms with van der Waals surface area (Å²) in [5, 5.41) is 3.70. The fourth-order valence-corrected chi connectivity index (χ4v) is 2.59. The van der Waals surface area contributed by atoms with E-state index in [0.29, 0.717) is 11.5 Å². The molecule has 0 amide bonds. The number of nitrogens with one attached hydrogen (secondary N) is 1. The summed E-state index contributed by atoms with van der Waals surface area (Å²) in [7, 11) is 0. The predicted octanol–water partition coefficient (Wildman–Crippen LogP) is 3.75. The van der Waals surface area contributed by atoms with Gasteiger partial charge in [-0.2, -0.15) is 0 Å². The summed E-state index contributed by atoms with van der Waals surface area (Å²) in [6.07, 6.45) is 6.10. The van der Waals surface area contributed by atoms with E-state index in [4.69, 9.17) is 4.74 Å². The van der Waals surface area contributed by atoms with Crippen LogP contribution in [0.25, 0.3) is 0 Å². The molecule has 2 atom stereocenters. The van der Waals surface area contributed by atoms with E-state index in [2.05, 4.69) is 39.9 Å². The first-order valence-corrected chi connectivity index (χ1v) is 7.25. The molecule has 0 spiro atoms. The molecule has 2 nitrogen and oxygen atoms in total. The van der Waals surface area contributed by atoms with Crippen molar-refractivity contribution in [1.82, 2.24) is 5.32 Å². The molecule has 0 aliphatic carbocycles. The van der Waals surface area contributed by atoms with Crippen molar-refractivity contribution >= 4 is 0 Å². The Balaban J connectivity index is 2.53. The van der Waals surface area contributed by atoms with Crippen molar-refractivity contribution in [3.8, 4) is 0 Å². The van der Waals surface area contributed by atoms with Crippen LogP contribution in [0.15, 0.2) is 0 Å². The van der Waals surface area contributed by atoms with E-state index in [1.165, 1.54) is 32.1 Å². The third-order valence-electron chi connectivity index (χ3n) is 3.81. The Kier molecular flexibility index (Phi) is 5.46. The van der Waals surface area contributed by atoms with Gasteiger partial charge in [-0.3, -0.25) is 0 Å². The van der Waals surface area contributed by atoms with Gasteiger partial charge in [0.25, 0.3) is 0 Å². The van der Waals surface area contributed by atoms with Crippen LogP contribution in [0.5, 0.6) is 0 Å². The fraction of sp³-hybridized carbons (Fsp3) is 1.00. The van der Waals surface area contributed by atoms with Gasteiger partial charge in [-0.15, -0.1) is 0 Å². The lowest BCUT2D eigenvalue weighted by molar-refractivity contribution is -0.0162. The molecule has 1 aliphatic heterocycles. The van der Waals surface area contributed by atoms with Crippen LogP contribution in [0.4, 0.5) is 0 Å². The van der Waals surface area contributed by atoms with Crippen molar-refractivity contribution in [3.63, 3.8) is 0 Å². The van der Waals surface area contributed by atoms with E-state index in [-0.39, 0.29) is 5.60 Å². The quantitative estimate of drug-likeness (QED) is 0.764. The predicted molar refractivity (Wildman–Crippen MR) is 74.4 cm³/mol. The summed E-state index contributed by atoms with van der Waals surface area (Å²) in [5.74, 6) is 0. The lowest BCUT2D eigenvalue weighted by Crippen LogP contribution is -2.49. The van der Waals surface area contributed by atoms with E-state index in [0.717, 1.165) is 13.2 Å². The van der Waals surface area contributed by atoms with Crippen LogP contribution in [0.3, 0.4) is 0 Å². The van der Waals surface area contributed by atoms with Crippen LogP contribution in [-0.4, -0.2) is 24.8 Å². The summed E-state index contributed by atoms with van der Waals surface area (Å²) in [4.78, 5) is 0. The van der Waals surface area contributed by atoms with E-state index in [1.807, 2.05) is 0 Å². The minimum Gasteiger partial charge on any atom is -0.374 e. The third-order valence-corrected chi connectivity index (χ3v) is 3.81. The molecule has 102 valence electrons. The lowest BCUT2D eigenvalue weighted by Gasteiger charge is -2.36. The first-order chi connectivity index (χ1) is 7.87. The van der Waals surface area contributed by atoms with Crippen molar-refractivity contribution in [3.05, 3.63) is 0 Å². The molecule has 1 N–H and O–H groups in total. The maximum absolute atomic E-state index is 6.00. The zero-order valence-corrected chi connectivity index (χ0v) is 12.4. The molecule has 2 heteroatoms. The van der Waals surface area contributed by atoms with Gasteiger partial charge in [-0.25, -0.2) is 0 Å². The molecule has 0 aromatic heterocycles. The smallest absolute Gasteiger partial charge is 0.0807 e. The Labute approximate surface area is 108 Å². The molecule has 1 heterocycles. The second-order valence-corrected chi connectivity index (χ2v) is 6.87. The topological polar surface area (TPSA) is 21.3 Å². The molecule has 0 aromatic rings. The summed E-state index contributed by atoms with van der Waals surface area (Å²) in [6, 6.07) is 0.518. The molecule has 0 radical (unpaired) electrons. The highest BCUT2D eigenvalue weighted by atomic mass is 16.5. The van der Waals surface area contributed by atoms with Crippen molar-refractivity contribution < 1.29 is 4.74 Å². The highest BCUT2D eigenvalue weighted by Crippen LogP contribution is 2.33. The van der Waals surface area contributed by atoms with Crippen molar-refractivity contribution in [1.29, 1.82) is 0 Å². The van der Waals surface area contributed by atoms with Gasteiger partial charge in [0.2, 0.25) is 0 Å². The summed E-state index contributed by atoms with van der Waals surface area (Å²) in [5.41, 5.74) is 0.488. The second kappa shape index (κ2) is 6.19. The Morgan fingerprint density at radius 1 is 1.35 bits per heavy atom. The standard InChI is InChI=1S/C15H31NO/c1-6-11-16-13(8-10-14(2,3)4)15(5)9-7-12-17-15/h13,16H,6-12H2,1-5H3. The number of rotatable bonds is 6. The van der Waals surface area contributed by atoms with Crippen LogP contribution in [0, 0.1) is 5.41 Å². The summed E-state index contributed by atoms with van der Waals surface area (Å²) < 4.78 is 6.00. The Bertz CT molecular complexity index is 213. The second-order valence-electron chi connectivity index (χ2n) is 6.87. The zero-order valence-electron chi connectivity index (χ0n) is 12.4. The Morgan fingerprint density at radius 2 is 2.06 bits per heavy atom. The lowest BCUT2D eigenvalue weighted by atomic mass is 9.83. The zero-order chi connectivity index (χ0) is 12.9. The molecular weight excluding hydrogens is 210 g/mol. The van der Waals surface area contributed by atoms with E-state index in [1.54, 1.807) is 0 Å². The van der Waals surface area contributed by atoms with Crippen LogP contribution in [-0.2, 0) is 4.74 Å². The highest BCUT2D eigenvalue weighted by Gasteiger charge is 2.38. The average molecular weight is 241 g/mol. The molecule has 0 aromatic carbocycles. The Morgan fingerprint density at radius 3 is 2.53 bits per heavy atom. The van der Waals surface area contributed by atoms with E-state index in [9.17, 15) is 0 Å². The number of hydrogen-bond donors (Lipinski definition) is 1. The summed E-state index contributed by atoms with van der Waals surface area (Å²) >= 11 is 0. The molecule has 1 fully saturated rings.